The maximum atomic E-state index is 12.8. The van der Waals surface area contributed by atoms with Crippen molar-refractivity contribution in [2.45, 2.75) is 38.8 Å². The average molecular weight is 377 g/mol. The van der Waals surface area contributed by atoms with E-state index in [9.17, 15) is 4.79 Å². The Morgan fingerprint density at radius 3 is 2.59 bits per heavy atom. The first-order valence-electron chi connectivity index (χ1n) is 9.38. The van der Waals surface area contributed by atoms with Crippen molar-refractivity contribution in [3.8, 4) is 0 Å². The van der Waals surface area contributed by atoms with E-state index in [1.54, 1.807) is 11.8 Å². The summed E-state index contributed by atoms with van der Waals surface area (Å²) in [7, 11) is 0. The molecule has 0 unspecified atom stereocenters. The topological polar surface area (TPSA) is 33.2 Å². The summed E-state index contributed by atoms with van der Waals surface area (Å²) in [4.78, 5) is 19.6. The molecular formula is C23H24N2OS. The fourth-order valence-electron chi connectivity index (χ4n) is 3.69. The molecule has 1 amide bonds. The van der Waals surface area contributed by atoms with Gasteiger partial charge in [0.25, 0.3) is 0 Å². The molecular weight excluding hydrogens is 352 g/mol. The number of carbonyl (C=O) groups is 1. The third-order valence-corrected chi connectivity index (χ3v) is 6.44. The van der Waals surface area contributed by atoms with E-state index in [1.807, 2.05) is 11.0 Å². The fourth-order valence-corrected chi connectivity index (χ4v) is 4.58. The zero-order valence-electron chi connectivity index (χ0n) is 16.1. The molecule has 0 fully saturated rings. The number of hydrogen-bond donors (Lipinski definition) is 0. The summed E-state index contributed by atoms with van der Waals surface area (Å²) in [6.07, 6.45) is 0.943. The summed E-state index contributed by atoms with van der Waals surface area (Å²) in [6, 6.07) is 14.9. The van der Waals surface area contributed by atoms with Crippen LogP contribution in [0.15, 0.2) is 47.5 Å². The molecule has 2 heterocycles. The molecule has 0 N–H and O–H groups in total. The van der Waals surface area contributed by atoms with Crippen LogP contribution in [0.2, 0.25) is 0 Å². The Bertz CT molecular complexity index is 1030. The Morgan fingerprint density at radius 1 is 1.04 bits per heavy atom. The molecule has 0 saturated heterocycles. The molecule has 3 aromatic rings. The fraction of sp³-hybridized carbons (Fsp3) is 0.304. The lowest BCUT2D eigenvalue weighted by Crippen LogP contribution is -2.37. The highest BCUT2D eigenvalue weighted by atomic mass is 32.2. The second-order valence-corrected chi connectivity index (χ2v) is 8.29. The molecule has 4 rings (SSSR count). The zero-order valence-corrected chi connectivity index (χ0v) is 16.9. The smallest absolute Gasteiger partial charge is 0.233 e. The van der Waals surface area contributed by atoms with E-state index in [1.165, 1.54) is 27.6 Å². The average Bonchev–Trinajstić information content (AvgIpc) is 2.69. The van der Waals surface area contributed by atoms with Crippen LogP contribution in [0.5, 0.6) is 0 Å². The molecule has 3 nitrogen and oxygen atoms in total. The van der Waals surface area contributed by atoms with E-state index in [2.05, 4.69) is 57.2 Å². The second-order valence-electron chi connectivity index (χ2n) is 7.33. The minimum atomic E-state index is 0.191. The molecule has 0 saturated carbocycles. The Hall–Kier alpha value is -2.33. The first kappa shape index (κ1) is 18.1. The molecule has 1 aromatic heterocycles. The summed E-state index contributed by atoms with van der Waals surface area (Å²) < 4.78 is 0. The molecule has 1 aliphatic heterocycles. The van der Waals surface area contributed by atoms with Crippen molar-refractivity contribution in [2.75, 3.05) is 12.3 Å². The maximum Gasteiger partial charge on any atom is 0.233 e. The summed E-state index contributed by atoms with van der Waals surface area (Å²) in [6.45, 7) is 7.82. The van der Waals surface area contributed by atoms with Crippen molar-refractivity contribution >= 4 is 28.6 Å². The first-order valence-corrected chi connectivity index (χ1v) is 10.4. The Kier molecular flexibility index (Phi) is 4.92. The van der Waals surface area contributed by atoms with E-state index in [-0.39, 0.29) is 5.91 Å². The van der Waals surface area contributed by atoms with Gasteiger partial charge in [0.15, 0.2) is 0 Å². The van der Waals surface area contributed by atoms with Crippen LogP contribution in [0, 0.1) is 20.8 Å². The number of thioether (sulfide) groups is 1. The lowest BCUT2D eigenvalue weighted by molar-refractivity contribution is -0.129. The lowest BCUT2D eigenvalue weighted by atomic mass is 10.00. The molecule has 0 bridgehead atoms. The van der Waals surface area contributed by atoms with E-state index in [0.717, 1.165) is 35.6 Å². The molecule has 0 aliphatic carbocycles. The van der Waals surface area contributed by atoms with E-state index < -0.39 is 0 Å². The number of nitrogens with zero attached hydrogens (tertiary/aromatic N) is 2. The normalized spacial score (nSPS) is 13.7. The first-order chi connectivity index (χ1) is 13.0. The van der Waals surface area contributed by atoms with Gasteiger partial charge in [-0.3, -0.25) is 4.79 Å². The quantitative estimate of drug-likeness (QED) is 0.614. The van der Waals surface area contributed by atoms with Gasteiger partial charge in [-0.1, -0.05) is 48.2 Å². The predicted molar refractivity (Wildman–Crippen MR) is 112 cm³/mol. The van der Waals surface area contributed by atoms with Crippen LogP contribution in [-0.2, 0) is 17.8 Å². The molecule has 0 spiro atoms. The van der Waals surface area contributed by atoms with Crippen LogP contribution in [0.4, 0.5) is 0 Å². The number of aryl methyl sites for hydroxylation is 3. The third-order valence-electron chi connectivity index (χ3n) is 5.36. The second kappa shape index (κ2) is 7.35. The molecule has 0 radical (unpaired) electrons. The van der Waals surface area contributed by atoms with Gasteiger partial charge in [-0.25, -0.2) is 4.98 Å². The molecule has 27 heavy (non-hydrogen) atoms. The highest BCUT2D eigenvalue weighted by molar-refractivity contribution is 7.99. The van der Waals surface area contributed by atoms with Gasteiger partial charge in [0, 0.05) is 18.5 Å². The molecule has 1 aliphatic rings. The largest absolute Gasteiger partial charge is 0.337 e. The van der Waals surface area contributed by atoms with Crippen molar-refractivity contribution < 1.29 is 4.79 Å². The molecule has 0 atom stereocenters. The van der Waals surface area contributed by atoms with Crippen LogP contribution >= 0.6 is 11.8 Å². The SMILES string of the molecule is Cc1cc2c(C)ccc(C)c2nc1SCC(=O)N1CCc2ccccc2C1. The Morgan fingerprint density at radius 2 is 1.78 bits per heavy atom. The van der Waals surface area contributed by atoms with Crippen LogP contribution < -0.4 is 0 Å². The van der Waals surface area contributed by atoms with Gasteiger partial charge in [0.1, 0.15) is 5.03 Å². The summed E-state index contributed by atoms with van der Waals surface area (Å²) >= 11 is 1.56. The number of pyridine rings is 1. The number of carbonyl (C=O) groups excluding carboxylic acids is 1. The number of fused-ring (bicyclic) bond motifs is 2. The van der Waals surface area contributed by atoms with Crippen LogP contribution in [0.3, 0.4) is 0 Å². The van der Waals surface area contributed by atoms with Gasteiger partial charge in [-0.05, 0) is 61.1 Å². The van der Waals surface area contributed by atoms with Crippen molar-refractivity contribution in [3.63, 3.8) is 0 Å². The predicted octanol–water partition coefficient (Wildman–Crippen LogP) is 4.84. The summed E-state index contributed by atoms with van der Waals surface area (Å²) in [5.41, 5.74) is 7.24. The maximum absolute atomic E-state index is 12.8. The van der Waals surface area contributed by atoms with E-state index >= 15 is 0 Å². The summed E-state index contributed by atoms with van der Waals surface area (Å²) in [5, 5.41) is 2.16. The zero-order chi connectivity index (χ0) is 19.0. The molecule has 138 valence electrons. The van der Waals surface area contributed by atoms with E-state index in [4.69, 9.17) is 4.98 Å². The van der Waals surface area contributed by atoms with Crippen molar-refractivity contribution in [3.05, 3.63) is 70.3 Å². The van der Waals surface area contributed by atoms with Gasteiger partial charge in [0.05, 0.1) is 11.3 Å². The number of rotatable bonds is 3. The van der Waals surface area contributed by atoms with Gasteiger partial charge >= 0.3 is 0 Å². The lowest BCUT2D eigenvalue weighted by Gasteiger charge is -2.28. The minimum Gasteiger partial charge on any atom is -0.337 e. The van der Waals surface area contributed by atoms with Gasteiger partial charge in [0.2, 0.25) is 5.91 Å². The summed E-state index contributed by atoms with van der Waals surface area (Å²) in [5.74, 6) is 0.628. The number of hydrogen-bond acceptors (Lipinski definition) is 3. The number of aromatic nitrogens is 1. The Balaban J connectivity index is 1.50. The number of benzene rings is 2. The van der Waals surface area contributed by atoms with Crippen molar-refractivity contribution in [1.29, 1.82) is 0 Å². The third kappa shape index (κ3) is 3.59. The molecule has 4 heteroatoms. The van der Waals surface area contributed by atoms with Crippen LogP contribution in [0.1, 0.15) is 27.8 Å². The van der Waals surface area contributed by atoms with Crippen LogP contribution in [0.25, 0.3) is 10.9 Å². The van der Waals surface area contributed by atoms with Gasteiger partial charge in [-0.2, -0.15) is 0 Å². The number of amides is 1. The van der Waals surface area contributed by atoms with Crippen molar-refractivity contribution in [1.82, 2.24) is 9.88 Å². The van der Waals surface area contributed by atoms with E-state index in [0.29, 0.717) is 5.75 Å². The van der Waals surface area contributed by atoms with Crippen molar-refractivity contribution in [2.24, 2.45) is 0 Å². The standard InChI is InChI=1S/C23H24N2OS/c1-15-8-9-16(2)22-20(15)12-17(3)23(24-22)27-14-21(26)25-11-10-18-6-4-5-7-19(18)13-25/h4-9,12H,10-11,13-14H2,1-3H3. The van der Waals surface area contributed by atoms with Crippen LogP contribution in [-0.4, -0.2) is 28.1 Å². The minimum absolute atomic E-state index is 0.191. The highest BCUT2D eigenvalue weighted by Crippen LogP contribution is 2.28. The van der Waals surface area contributed by atoms with Gasteiger partial charge < -0.3 is 4.90 Å². The molecule has 2 aromatic carbocycles. The highest BCUT2D eigenvalue weighted by Gasteiger charge is 2.21. The monoisotopic (exact) mass is 376 g/mol. The Labute approximate surface area is 164 Å². The van der Waals surface area contributed by atoms with Gasteiger partial charge in [-0.15, -0.1) is 0 Å².